The van der Waals surface area contributed by atoms with Crippen molar-refractivity contribution in [2.24, 2.45) is 0 Å². The number of hydrogen-bond acceptors (Lipinski definition) is 0. The van der Waals surface area contributed by atoms with E-state index in [4.69, 9.17) is 0 Å². The summed E-state index contributed by atoms with van der Waals surface area (Å²) >= 11 is 0. The van der Waals surface area contributed by atoms with Crippen LogP contribution >= 0.6 is 0 Å². The number of para-hydroxylation sites is 2. The fraction of sp³-hybridized carbons (Fsp3) is 0. The summed E-state index contributed by atoms with van der Waals surface area (Å²) in [5.41, 5.74) is 19.2. The molecule has 10 aromatic carbocycles. The Labute approximate surface area is 360 Å². The van der Waals surface area contributed by atoms with Crippen LogP contribution in [-0.2, 0) is 0 Å². The van der Waals surface area contributed by atoms with Gasteiger partial charge >= 0.3 is 0 Å². The summed E-state index contributed by atoms with van der Waals surface area (Å²) in [5, 5.41) is 4.97. The van der Waals surface area contributed by atoms with Crippen LogP contribution in [0.1, 0.15) is 0 Å². The van der Waals surface area contributed by atoms with E-state index < -0.39 is 0 Å². The molecule has 290 valence electrons. The molecular weight excluding hydrogens is 749 g/mol. The van der Waals surface area contributed by atoms with E-state index in [1.54, 1.807) is 0 Å². The fourth-order valence-electron chi connectivity index (χ4n) is 9.64. The van der Waals surface area contributed by atoms with E-state index >= 15 is 0 Å². The van der Waals surface area contributed by atoms with E-state index in [1.165, 1.54) is 105 Å². The van der Waals surface area contributed by atoms with Gasteiger partial charge in [0.25, 0.3) is 0 Å². The molecule has 0 radical (unpaired) electrons. The van der Waals surface area contributed by atoms with Crippen LogP contribution < -0.4 is 0 Å². The first-order valence-electron chi connectivity index (χ1n) is 21.3. The van der Waals surface area contributed by atoms with Gasteiger partial charge in [-0.3, -0.25) is 0 Å². The predicted molar refractivity (Wildman–Crippen MR) is 262 cm³/mol. The van der Waals surface area contributed by atoms with E-state index in [0.717, 1.165) is 5.69 Å². The van der Waals surface area contributed by atoms with Crippen molar-refractivity contribution in [3.8, 4) is 67.0 Å². The summed E-state index contributed by atoms with van der Waals surface area (Å²) in [6, 6.07) is 88.3. The molecule has 2 nitrogen and oxygen atoms in total. The minimum Gasteiger partial charge on any atom is -0.309 e. The molecule has 0 aliphatic heterocycles. The van der Waals surface area contributed by atoms with E-state index in [-0.39, 0.29) is 0 Å². The Bertz CT molecular complexity index is 3600. The lowest BCUT2D eigenvalue weighted by Gasteiger charge is -2.14. The summed E-state index contributed by atoms with van der Waals surface area (Å²) in [6.45, 7) is 0. The van der Waals surface area contributed by atoms with Crippen molar-refractivity contribution in [3.05, 3.63) is 243 Å². The molecule has 62 heavy (non-hydrogen) atoms. The van der Waals surface area contributed by atoms with Gasteiger partial charge in [0.2, 0.25) is 0 Å². The predicted octanol–water partition coefficient (Wildman–Crippen LogP) is 16.2. The second-order valence-electron chi connectivity index (χ2n) is 16.1. The molecule has 12 aromatic rings. The van der Waals surface area contributed by atoms with Crippen molar-refractivity contribution < 1.29 is 0 Å². The number of fused-ring (bicyclic) bond motifs is 6. The van der Waals surface area contributed by atoms with Crippen molar-refractivity contribution >= 4 is 43.6 Å². The zero-order chi connectivity index (χ0) is 41.0. The molecule has 0 saturated heterocycles. The topological polar surface area (TPSA) is 9.86 Å². The smallest absolute Gasteiger partial charge is 0.0547 e. The number of rotatable bonds is 7. The third-order valence-electron chi connectivity index (χ3n) is 12.5. The molecule has 0 atom stereocenters. The standard InChI is InChI=1S/C60H40N2/c1-4-16-41(17-5-1)45-22-14-23-46(38-45)42-30-34-49(35-31-42)61-56-28-13-11-25-52(56)53-39-47(32-36-57(53)61)48-33-37-58-54(40-48)60-51(44-20-8-3-9-21-44)26-15-29-59(60)62(58)55-27-12-10-24-50(55)43-18-6-2-7-19-43/h1-40H. The SMILES string of the molecule is c1ccc(-c2cccc(-c3ccc(-n4c5ccccc5c5cc(-c6ccc7c(c6)c6c(-c8ccccc8)cccc6n7-c6ccccc6-c6ccccc6)ccc54)cc3)c2)cc1. The third kappa shape index (κ3) is 5.96. The summed E-state index contributed by atoms with van der Waals surface area (Å²) in [5.74, 6) is 0. The Balaban J connectivity index is 1.00. The highest BCUT2D eigenvalue weighted by Crippen LogP contribution is 2.43. The van der Waals surface area contributed by atoms with Crippen molar-refractivity contribution in [1.29, 1.82) is 0 Å². The average molecular weight is 789 g/mol. The maximum Gasteiger partial charge on any atom is 0.0547 e. The van der Waals surface area contributed by atoms with Gasteiger partial charge in [0.05, 0.1) is 27.8 Å². The van der Waals surface area contributed by atoms with Gasteiger partial charge in [0, 0.05) is 32.8 Å². The molecule has 0 saturated carbocycles. The molecule has 0 spiro atoms. The van der Waals surface area contributed by atoms with Crippen LogP contribution in [0.15, 0.2) is 243 Å². The van der Waals surface area contributed by atoms with Crippen molar-refractivity contribution in [3.63, 3.8) is 0 Å². The Morgan fingerprint density at radius 2 is 0.677 bits per heavy atom. The lowest BCUT2D eigenvalue weighted by molar-refractivity contribution is 1.18. The van der Waals surface area contributed by atoms with Gasteiger partial charge < -0.3 is 9.13 Å². The monoisotopic (exact) mass is 788 g/mol. The average Bonchev–Trinajstić information content (AvgIpc) is 3.87. The highest BCUT2D eigenvalue weighted by Gasteiger charge is 2.20. The summed E-state index contributed by atoms with van der Waals surface area (Å²) < 4.78 is 4.87. The van der Waals surface area contributed by atoms with E-state index in [1.807, 2.05) is 0 Å². The second kappa shape index (κ2) is 14.8. The molecule has 2 heteroatoms. The lowest BCUT2D eigenvalue weighted by atomic mass is 9.97. The number of nitrogens with zero attached hydrogens (tertiary/aromatic N) is 2. The van der Waals surface area contributed by atoms with Crippen molar-refractivity contribution in [1.82, 2.24) is 9.13 Å². The van der Waals surface area contributed by atoms with Crippen LogP contribution in [0, 0.1) is 0 Å². The second-order valence-corrected chi connectivity index (χ2v) is 16.1. The Hall–Kier alpha value is -8.20. The minimum absolute atomic E-state index is 1.14. The first-order chi connectivity index (χ1) is 30.8. The molecule has 0 aliphatic carbocycles. The normalized spacial score (nSPS) is 11.5. The molecule has 2 heterocycles. The summed E-state index contributed by atoms with van der Waals surface area (Å²) in [6.07, 6.45) is 0. The Kier molecular flexibility index (Phi) is 8.53. The lowest BCUT2D eigenvalue weighted by Crippen LogP contribution is -1.97. The van der Waals surface area contributed by atoms with Crippen molar-refractivity contribution in [2.75, 3.05) is 0 Å². The summed E-state index contributed by atoms with van der Waals surface area (Å²) in [4.78, 5) is 0. The van der Waals surface area contributed by atoms with Crippen LogP contribution in [0.2, 0.25) is 0 Å². The number of aromatic nitrogens is 2. The van der Waals surface area contributed by atoms with Crippen LogP contribution in [0.4, 0.5) is 0 Å². The van der Waals surface area contributed by atoms with E-state index in [2.05, 4.69) is 252 Å². The first-order valence-corrected chi connectivity index (χ1v) is 21.3. The zero-order valence-corrected chi connectivity index (χ0v) is 34.0. The van der Waals surface area contributed by atoms with Crippen LogP contribution in [-0.4, -0.2) is 9.13 Å². The van der Waals surface area contributed by atoms with Crippen LogP contribution in [0.5, 0.6) is 0 Å². The van der Waals surface area contributed by atoms with Crippen LogP contribution in [0.3, 0.4) is 0 Å². The summed E-state index contributed by atoms with van der Waals surface area (Å²) in [7, 11) is 0. The van der Waals surface area contributed by atoms with Gasteiger partial charge in [-0.05, 0) is 111 Å². The maximum atomic E-state index is 2.46. The third-order valence-corrected chi connectivity index (χ3v) is 12.5. The molecule has 0 aliphatic rings. The van der Waals surface area contributed by atoms with Gasteiger partial charge in [-0.25, -0.2) is 0 Å². The maximum absolute atomic E-state index is 2.46. The molecule has 2 aromatic heterocycles. The molecular formula is C60H40N2. The van der Waals surface area contributed by atoms with Gasteiger partial charge in [-0.2, -0.15) is 0 Å². The van der Waals surface area contributed by atoms with Crippen molar-refractivity contribution in [2.45, 2.75) is 0 Å². The zero-order valence-electron chi connectivity index (χ0n) is 34.0. The highest BCUT2D eigenvalue weighted by atomic mass is 15.0. The number of hydrogen-bond donors (Lipinski definition) is 0. The fourth-order valence-corrected chi connectivity index (χ4v) is 9.64. The molecule has 0 amide bonds. The van der Waals surface area contributed by atoms with Gasteiger partial charge in [0.1, 0.15) is 0 Å². The molecule has 0 unspecified atom stereocenters. The molecule has 0 bridgehead atoms. The molecule has 0 N–H and O–H groups in total. The van der Waals surface area contributed by atoms with E-state index in [0.29, 0.717) is 0 Å². The van der Waals surface area contributed by atoms with Gasteiger partial charge in [-0.1, -0.05) is 182 Å². The highest BCUT2D eigenvalue weighted by molar-refractivity contribution is 6.17. The Morgan fingerprint density at radius 1 is 0.226 bits per heavy atom. The number of benzene rings is 10. The largest absolute Gasteiger partial charge is 0.309 e. The first kappa shape index (κ1) is 35.7. The Morgan fingerprint density at radius 3 is 1.39 bits per heavy atom. The molecule has 12 rings (SSSR count). The van der Waals surface area contributed by atoms with Crippen LogP contribution in [0.25, 0.3) is 111 Å². The quantitative estimate of drug-likeness (QED) is 0.152. The van der Waals surface area contributed by atoms with E-state index in [9.17, 15) is 0 Å². The molecule has 0 fully saturated rings. The van der Waals surface area contributed by atoms with Gasteiger partial charge in [0.15, 0.2) is 0 Å². The minimum atomic E-state index is 1.14. The van der Waals surface area contributed by atoms with Gasteiger partial charge in [-0.15, -0.1) is 0 Å².